The number of pyridine rings is 1. The Morgan fingerprint density at radius 1 is 1.44 bits per heavy atom. The van der Waals surface area contributed by atoms with E-state index in [0.29, 0.717) is 11.6 Å². The maximum Gasteiger partial charge on any atom is 0.272 e. The summed E-state index contributed by atoms with van der Waals surface area (Å²) in [4.78, 5) is 14.4. The Morgan fingerprint density at radius 3 is 2.50 bits per heavy atom. The molecule has 1 heterocycles. The number of hydrogen-bond donors (Lipinski definition) is 1. The van der Waals surface area contributed by atoms with Crippen LogP contribution in [0.3, 0.4) is 0 Å². The number of rotatable bonds is 4. The predicted molar refractivity (Wildman–Crippen MR) is 62.1 cm³/mol. The average molecular weight is 223 g/mol. The fraction of sp³-hybridized carbons (Fsp3) is 0.545. The molecule has 1 aromatic rings. The van der Waals surface area contributed by atoms with Crippen LogP contribution in [0, 0.1) is 16.0 Å². The van der Waals surface area contributed by atoms with Gasteiger partial charge in [0.25, 0.3) is 5.69 Å². The van der Waals surface area contributed by atoms with Crippen LogP contribution in [-0.2, 0) is 0 Å². The molecule has 0 fully saturated rings. The third kappa shape index (κ3) is 2.76. The lowest BCUT2D eigenvalue weighted by molar-refractivity contribution is -0.385. The van der Waals surface area contributed by atoms with Gasteiger partial charge in [-0.1, -0.05) is 13.8 Å². The summed E-state index contributed by atoms with van der Waals surface area (Å²) in [5, 5.41) is 10.7. The van der Waals surface area contributed by atoms with Crippen molar-refractivity contribution in [3.63, 3.8) is 0 Å². The van der Waals surface area contributed by atoms with E-state index in [0.717, 1.165) is 0 Å². The third-order valence-electron chi connectivity index (χ3n) is 2.60. The number of aromatic nitrogens is 1. The fourth-order valence-corrected chi connectivity index (χ4v) is 1.95. The van der Waals surface area contributed by atoms with Crippen molar-refractivity contribution in [1.29, 1.82) is 0 Å². The van der Waals surface area contributed by atoms with Gasteiger partial charge in [-0.25, -0.2) is 0 Å². The van der Waals surface area contributed by atoms with E-state index in [1.807, 2.05) is 20.8 Å². The normalized spacial score (nSPS) is 14.8. The molecule has 16 heavy (non-hydrogen) atoms. The molecule has 2 unspecified atom stereocenters. The summed E-state index contributed by atoms with van der Waals surface area (Å²) in [5.41, 5.74) is 6.65. The Kier molecular flexibility index (Phi) is 3.95. The Morgan fingerprint density at radius 2 is 2.06 bits per heavy atom. The summed E-state index contributed by atoms with van der Waals surface area (Å²) in [6.07, 6.45) is 1.46. The molecule has 0 saturated heterocycles. The van der Waals surface area contributed by atoms with Crippen molar-refractivity contribution in [3.8, 4) is 0 Å². The molecule has 0 saturated carbocycles. The predicted octanol–water partition coefficient (Wildman–Crippen LogP) is 2.08. The number of nitro groups is 1. The highest BCUT2D eigenvalue weighted by atomic mass is 16.6. The second kappa shape index (κ2) is 5.03. The van der Waals surface area contributed by atoms with Crippen LogP contribution in [0.2, 0.25) is 0 Å². The lowest BCUT2D eigenvalue weighted by Crippen LogP contribution is -2.29. The van der Waals surface area contributed by atoms with Gasteiger partial charge in [-0.15, -0.1) is 0 Å². The molecule has 0 amide bonds. The highest BCUT2D eigenvalue weighted by Gasteiger charge is 2.23. The zero-order chi connectivity index (χ0) is 12.3. The molecule has 0 bridgehead atoms. The molecule has 1 rings (SSSR count). The summed E-state index contributed by atoms with van der Waals surface area (Å²) >= 11 is 0. The molecule has 0 aromatic carbocycles. The molecule has 0 aliphatic rings. The fourth-order valence-electron chi connectivity index (χ4n) is 1.95. The van der Waals surface area contributed by atoms with Crippen molar-refractivity contribution in [3.05, 3.63) is 34.1 Å². The molecular formula is C11H17N3O2. The average Bonchev–Trinajstić information content (AvgIpc) is 2.16. The van der Waals surface area contributed by atoms with Crippen LogP contribution in [0.15, 0.2) is 18.3 Å². The minimum Gasteiger partial charge on any atom is -0.327 e. The summed E-state index contributed by atoms with van der Waals surface area (Å²) < 4.78 is 0. The van der Waals surface area contributed by atoms with Gasteiger partial charge in [-0.05, 0) is 12.8 Å². The van der Waals surface area contributed by atoms with Crippen LogP contribution in [-0.4, -0.2) is 15.9 Å². The maximum atomic E-state index is 10.7. The van der Waals surface area contributed by atoms with E-state index in [2.05, 4.69) is 4.98 Å². The first-order chi connectivity index (χ1) is 7.43. The van der Waals surface area contributed by atoms with E-state index in [9.17, 15) is 10.1 Å². The van der Waals surface area contributed by atoms with Crippen LogP contribution in [0.25, 0.3) is 0 Å². The van der Waals surface area contributed by atoms with Gasteiger partial charge in [0.05, 0.1) is 10.6 Å². The van der Waals surface area contributed by atoms with Crippen LogP contribution >= 0.6 is 0 Å². The Labute approximate surface area is 94.8 Å². The van der Waals surface area contributed by atoms with E-state index in [4.69, 9.17) is 5.73 Å². The molecule has 1 aromatic heterocycles. The van der Waals surface area contributed by atoms with Gasteiger partial charge in [0.2, 0.25) is 0 Å². The number of hydrogen-bond acceptors (Lipinski definition) is 4. The van der Waals surface area contributed by atoms with E-state index in [1.54, 1.807) is 0 Å². The first-order valence-corrected chi connectivity index (χ1v) is 5.29. The van der Waals surface area contributed by atoms with Crippen LogP contribution < -0.4 is 5.73 Å². The van der Waals surface area contributed by atoms with E-state index in [1.165, 1.54) is 18.3 Å². The minimum atomic E-state index is -0.413. The molecule has 0 aliphatic heterocycles. The van der Waals surface area contributed by atoms with Crippen LogP contribution in [0.1, 0.15) is 32.4 Å². The monoisotopic (exact) mass is 223 g/mol. The maximum absolute atomic E-state index is 10.7. The molecular weight excluding hydrogens is 206 g/mol. The summed E-state index contributed by atoms with van der Waals surface area (Å²) in [7, 11) is 0. The van der Waals surface area contributed by atoms with Gasteiger partial charge in [0.15, 0.2) is 0 Å². The minimum absolute atomic E-state index is 0.0416. The van der Waals surface area contributed by atoms with Gasteiger partial charge >= 0.3 is 0 Å². The highest BCUT2D eigenvalue weighted by molar-refractivity contribution is 5.31. The molecule has 5 nitrogen and oxygen atoms in total. The highest BCUT2D eigenvalue weighted by Crippen LogP contribution is 2.27. The summed E-state index contributed by atoms with van der Waals surface area (Å²) in [6.45, 7) is 5.97. The standard InChI is InChI=1S/C11H17N3O2/c1-7(2)11(8(3)12)10-6-9(14(15)16)4-5-13-10/h4-8,11H,12H2,1-3H3. The molecule has 88 valence electrons. The zero-order valence-electron chi connectivity index (χ0n) is 9.75. The molecule has 2 atom stereocenters. The number of nitrogens with zero attached hydrogens (tertiary/aromatic N) is 2. The largest absolute Gasteiger partial charge is 0.327 e. The van der Waals surface area contributed by atoms with E-state index in [-0.39, 0.29) is 17.6 Å². The number of nitrogens with two attached hydrogens (primary N) is 1. The summed E-state index contributed by atoms with van der Waals surface area (Å²) in [6, 6.07) is 2.82. The van der Waals surface area contributed by atoms with Crippen LogP contribution in [0.4, 0.5) is 5.69 Å². The van der Waals surface area contributed by atoms with Crippen molar-refractivity contribution < 1.29 is 4.92 Å². The van der Waals surface area contributed by atoms with Crippen LogP contribution in [0.5, 0.6) is 0 Å². The van der Waals surface area contributed by atoms with Gasteiger partial charge < -0.3 is 5.73 Å². The quantitative estimate of drug-likeness (QED) is 0.625. The van der Waals surface area contributed by atoms with Gasteiger partial charge in [0.1, 0.15) is 0 Å². The topological polar surface area (TPSA) is 82.0 Å². The zero-order valence-corrected chi connectivity index (χ0v) is 9.75. The SMILES string of the molecule is CC(C)C(c1cc([N+](=O)[O-])ccn1)C(C)N. The lowest BCUT2D eigenvalue weighted by atomic mass is 9.86. The first kappa shape index (κ1) is 12.6. The molecule has 0 aliphatic carbocycles. The molecule has 0 spiro atoms. The Hall–Kier alpha value is -1.49. The first-order valence-electron chi connectivity index (χ1n) is 5.29. The van der Waals surface area contributed by atoms with E-state index >= 15 is 0 Å². The van der Waals surface area contributed by atoms with Crippen molar-refractivity contribution in [2.45, 2.75) is 32.7 Å². The van der Waals surface area contributed by atoms with Gasteiger partial charge in [0, 0.05) is 30.3 Å². The smallest absolute Gasteiger partial charge is 0.272 e. The second-order valence-electron chi connectivity index (χ2n) is 4.32. The molecule has 5 heteroatoms. The lowest BCUT2D eigenvalue weighted by Gasteiger charge is -2.23. The third-order valence-corrected chi connectivity index (χ3v) is 2.60. The van der Waals surface area contributed by atoms with E-state index < -0.39 is 4.92 Å². The molecule has 0 radical (unpaired) electrons. The molecule has 2 N–H and O–H groups in total. The van der Waals surface area contributed by atoms with Crippen molar-refractivity contribution in [2.75, 3.05) is 0 Å². The van der Waals surface area contributed by atoms with Gasteiger partial charge in [-0.2, -0.15) is 0 Å². The van der Waals surface area contributed by atoms with Crippen molar-refractivity contribution in [2.24, 2.45) is 11.7 Å². The van der Waals surface area contributed by atoms with Crippen molar-refractivity contribution >= 4 is 5.69 Å². The Bertz CT molecular complexity index is 369. The van der Waals surface area contributed by atoms with Gasteiger partial charge in [-0.3, -0.25) is 15.1 Å². The second-order valence-corrected chi connectivity index (χ2v) is 4.32. The summed E-state index contributed by atoms with van der Waals surface area (Å²) in [5.74, 6) is 0.342. The van der Waals surface area contributed by atoms with Crippen molar-refractivity contribution in [1.82, 2.24) is 4.98 Å². The Balaban J connectivity index is 3.10.